The van der Waals surface area contributed by atoms with Crippen LogP contribution in [0.15, 0.2) is 0 Å². The third-order valence-electron chi connectivity index (χ3n) is 4.71. The molecule has 22 heavy (non-hydrogen) atoms. The fraction of sp³-hybridized carbons (Fsp3) is 0.944. The van der Waals surface area contributed by atoms with E-state index >= 15 is 0 Å². The lowest BCUT2D eigenvalue weighted by Crippen LogP contribution is -2.63. The Morgan fingerprint density at radius 1 is 1.14 bits per heavy atom. The third-order valence-corrected chi connectivity index (χ3v) is 4.92. The van der Waals surface area contributed by atoms with Crippen molar-refractivity contribution < 1.29 is 4.79 Å². The molecule has 0 radical (unpaired) electrons. The van der Waals surface area contributed by atoms with Crippen molar-refractivity contribution in [2.24, 2.45) is 0 Å². The standard InChI is InChI=1S/C15H29ClN2O.C3H8/c1-7-8-9-18(13(16)19)12-10-14(2,3)17(6)15(4,5)11-12;1-3-2/h12H,7-11H2,1-6H3;3H2,1-2H3. The summed E-state index contributed by atoms with van der Waals surface area (Å²) < 4.78 is 0. The average Bonchev–Trinajstić information content (AvgIpc) is 2.36. The van der Waals surface area contributed by atoms with E-state index in [1.165, 1.54) is 6.42 Å². The number of halogens is 1. The van der Waals surface area contributed by atoms with Crippen LogP contribution in [0.2, 0.25) is 0 Å². The van der Waals surface area contributed by atoms with Gasteiger partial charge in [-0.1, -0.05) is 33.6 Å². The maximum absolute atomic E-state index is 11.7. The lowest BCUT2D eigenvalue weighted by atomic mass is 9.77. The SMILES string of the molecule is CCC.CCCCN(C(=O)Cl)C1CC(C)(C)N(C)C(C)(C)C1. The molecular weight excluding hydrogens is 296 g/mol. The second-order valence-corrected chi connectivity index (χ2v) is 8.08. The van der Waals surface area contributed by atoms with Crippen LogP contribution in [0.3, 0.4) is 0 Å². The molecule has 1 aliphatic rings. The molecule has 1 saturated heterocycles. The first-order chi connectivity index (χ1) is 10.0. The van der Waals surface area contributed by atoms with Gasteiger partial charge in [0.15, 0.2) is 0 Å². The molecule has 1 fully saturated rings. The molecule has 0 spiro atoms. The molecule has 0 saturated carbocycles. The summed E-state index contributed by atoms with van der Waals surface area (Å²) in [6.07, 6.45) is 5.32. The van der Waals surface area contributed by atoms with Crippen LogP contribution in [0.25, 0.3) is 0 Å². The van der Waals surface area contributed by atoms with E-state index in [0.717, 1.165) is 32.2 Å². The van der Waals surface area contributed by atoms with Gasteiger partial charge in [0, 0.05) is 23.7 Å². The predicted octanol–water partition coefficient (Wildman–Crippen LogP) is 5.52. The second kappa shape index (κ2) is 9.12. The summed E-state index contributed by atoms with van der Waals surface area (Å²) in [6.45, 7) is 16.2. The number of hydrogen-bond donors (Lipinski definition) is 0. The number of carbonyl (C=O) groups is 1. The van der Waals surface area contributed by atoms with E-state index in [-0.39, 0.29) is 22.5 Å². The summed E-state index contributed by atoms with van der Waals surface area (Å²) in [5.74, 6) is 0. The van der Waals surface area contributed by atoms with E-state index in [9.17, 15) is 4.79 Å². The van der Waals surface area contributed by atoms with E-state index in [4.69, 9.17) is 11.6 Å². The van der Waals surface area contributed by atoms with Gasteiger partial charge in [-0.05, 0) is 65.6 Å². The van der Waals surface area contributed by atoms with Gasteiger partial charge in [-0.25, -0.2) is 0 Å². The van der Waals surface area contributed by atoms with Crippen LogP contribution in [0.1, 0.15) is 80.6 Å². The topological polar surface area (TPSA) is 23.6 Å². The normalized spacial score (nSPS) is 21.0. The number of amides is 1. The summed E-state index contributed by atoms with van der Waals surface area (Å²) in [5, 5.41) is -0.297. The van der Waals surface area contributed by atoms with Crippen molar-refractivity contribution in [1.29, 1.82) is 0 Å². The molecular formula is C18H37ClN2O. The number of rotatable bonds is 4. The molecule has 1 rings (SSSR count). The molecule has 1 aliphatic heterocycles. The highest BCUT2D eigenvalue weighted by atomic mass is 35.5. The van der Waals surface area contributed by atoms with E-state index in [2.05, 4.69) is 60.4 Å². The minimum atomic E-state index is -0.297. The minimum absolute atomic E-state index is 0.0865. The van der Waals surface area contributed by atoms with Crippen molar-refractivity contribution in [1.82, 2.24) is 9.80 Å². The van der Waals surface area contributed by atoms with Crippen LogP contribution < -0.4 is 0 Å². The van der Waals surface area contributed by atoms with E-state index in [1.807, 2.05) is 4.90 Å². The maximum Gasteiger partial charge on any atom is 0.316 e. The molecule has 0 bridgehead atoms. The lowest BCUT2D eigenvalue weighted by molar-refractivity contribution is -0.0370. The molecule has 0 unspecified atom stereocenters. The Hall–Kier alpha value is -0.280. The van der Waals surface area contributed by atoms with E-state index in [1.54, 1.807) is 0 Å². The summed E-state index contributed by atoms with van der Waals surface area (Å²) in [7, 11) is 2.18. The number of hydrogen-bond acceptors (Lipinski definition) is 2. The molecule has 0 aromatic rings. The Labute approximate surface area is 143 Å². The highest BCUT2D eigenvalue weighted by molar-refractivity contribution is 6.62. The van der Waals surface area contributed by atoms with Crippen molar-refractivity contribution in [3.8, 4) is 0 Å². The summed E-state index contributed by atoms with van der Waals surface area (Å²) >= 11 is 5.81. The van der Waals surface area contributed by atoms with Crippen LogP contribution in [0.4, 0.5) is 4.79 Å². The summed E-state index contributed by atoms with van der Waals surface area (Å²) in [4.78, 5) is 16.0. The van der Waals surface area contributed by atoms with Gasteiger partial charge in [-0.15, -0.1) is 0 Å². The maximum atomic E-state index is 11.7. The highest BCUT2D eigenvalue weighted by Crippen LogP contribution is 2.39. The minimum Gasteiger partial charge on any atom is -0.326 e. The molecule has 0 aliphatic carbocycles. The molecule has 1 amide bonds. The molecule has 0 atom stereocenters. The number of likely N-dealkylation sites (tertiary alicyclic amines) is 1. The van der Waals surface area contributed by atoms with Gasteiger partial charge in [-0.3, -0.25) is 9.69 Å². The Morgan fingerprint density at radius 3 is 1.86 bits per heavy atom. The Kier molecular flexibility index (Phi) is 9.01. The average molecular weight is 333 g/mol. The van der Waals surface area contributed by atoms with Gasteiger partial charge in [0.2, 0.25) is 0 Å². The number of nitrogens with zero attached hydrogens (tertiary/aromatic N) is 2. The van der Waals surface area contributed by atoms with Gasteiger partial charge in [0.25, 0.3) is 0 Å². The monoisotopic (exact) mass is 332 g/mol. The Balaban J connectivity index is 0.00000135. The largest absolute Gasteiger partial charge is 0.326 e. The van der Waals surface area contributed by atoms with E-state index < -0.39 is 0 Å². The zero-order chi connectivity index (χ0) is 17.6. The van der Waals surface area contributed by atoms with Crippen LogP contribution in [-0.2, 0) is 0 Å². The lowest BCUT2D eigenvalue weighted by Gasteiger charge is -2.55. The summed E-state index contributed by atoms with van der Waals surface area (Å²) in [6, 6.07) is 0.248. The van der Waals surface area contributed by atoms with Gasteiger partial charge in [0.05, 0.1) is 0 Å². The third kappa shape index (κ3) is 6.08. The molecule has 0 aromatic heterocycles. The first-order valence-electron chi connectivity index (χ1n) is 8.73. The fourth-order valence-corrected chi connectivity index (χ4v) is 3.50. The van der Waals surface area contributed by atoms with Gasteiger partial charge < -0.3 is 4.90 Å². The molecule has 132 valence electrons. The van der Waals surface area contributed by atoms with Crippen LogP contribution in [0.5, 0.6) is 0 Å². The van der Waals surface area contributed by atoms with Crippen molar-refractivity contribution in [3.05, 3.63) is 0 Å². The van der Waals surface area contributed by atoms with Crippen molar-refractivity contribution in [2.75, 3.05) is 13.6 Å². The second-order valence-electron chi connectivity index (χ2n) is 7.75. The zero-order valence-corrected chi connectivity index (χ0v) is 16.8. The predicted molar refractivity (Wildman–Crippen MR) is 97.8 cm³/mol. The van der Waals surface area contributed by atoms with Gasteiger partial charge >= 0.3 is 5.37 Å². The van der Waals surface area contributed by atoms with E-state index in [0.29, 0.717) is 0 Å². The molecule has 0 N–H and O–H groups in total. The fourth-order valence-electron chi connectivity index (χ4n) is 3.28. The van der Waals surface area contributed by atoms with Gasteiger partial charge in [0.1, 0.15) is 0 Å². The number of carbonyl (C=O) groups excluding carboxylic acids is 1. The van der Waals surface area contributed by atoms with Crippen molar-refractivity contribution in [3.63, 3.8) is 0 Å². The molecule has 4 heteroatoms. The zero-order valence-electron chi connectivity index (χ0n) is 16.0. The Morgan fingerprint density at radius 2 is 1.55 bits per heavy atom. The number of unbranched alkanes of at least 4 members (excludes halogenated alkanes) is 1. The van der Waals surface area contributed by atoms with Crippen molar-refractivity contribution >= 4 is 17.0 Å². The van der Waals surface area contributed by atoms with Crippen LogP contribution >= 0.6 is 11.6 Å². The highest BCUT2D eigenvalue weighted by Gasteiger charge is 2.45. The van der Waals surface area contributed by atoms with Crippen molar-refractivity contribution in [2.45, 2.75) is 97.7 Å². The summed E-state index contributed by atoms with van der Waals surface area (Å²) in [5.41, 5.74) is 0.173. The Bertz CT molecular complexity index is 324. The first kappa shape index (κ1) is 21.7. The van der Waals surface area contributed by atoms with Crippen LogP contribution in [-0.4, -0.2) is 45.9 Å². The molecule has 1 heterocycles. The van der Waals surface area contributed by atoms with Gasteiger partial charge in [-0.2, -0.15) is 0 Å². The molecule has 0 aromatic carbocycles. The molecule has 3 nitrogen and oxygen atoms in total. The first-order valence-corrected chi connectivity index (χ1v) is 9.11. The smallest absolute Gasteiger partial charge is 0.316 e. The number of piperidine rings is 1. The quantitative estimate of drug-likeness (QED) is 0.500. The van der Waals surface area contributed by atoms with Crippen LogP contribution in [0, 0.1) is 0 Å².